The summed E-state index contributed by atoms with van der Waals surface area (Å²) >= 11 is 0. The second-order valence-corrected chi connectivity index (χ2v) is 7.35. The molecule has 0 radical (unpaired) electrons. The van der Waals surface area contributed by atoms with Crippen molar-refractivity contribution in [3.05, 3.63) is 71.3 Å². The molecule has 27 heavy (non-hydrogen) atoms. The Bertz CT molecular complexity index is 765. The lowest BCUT2D eigenvalue weighted by Gasteiger charge is -2.42. The number of piperidine rings is 1. The number of aliphatic hydroxyl groups is 2. The summed E-state index contributed by atoms with van der Waals surface area (Å²) in [5.74, 6) is -0.110. The largest absolute Gasteiger partial charge is 0.390 e. The summed E-state index contributed by atoms with van der Waals surface area (Å²) in [4.78, 5) is 14.3. The van der Waals surface area contributed by atoms with Crippen LogP contribution >= 0.6 is 0 Å². The van der Waals surface area contributed by atoms with E-state index in [1.165, 1.54) is 11.1 Å². The molecule has 1 heterocycles. The lowest BCUT2D eigenvalue weighted by molar-refractivity contribution is -0.111. The highest BCUT2D eigenvalue weighted by atomic mass is 16.3. The van der Waals surface area contributed by atoms with Crippen LogP contribution in [0, 0.1) is 6.92 Å². The van der Waals surface area contributed by atoms with Gasteiger partial charge in [-0.25, -0.2) is 0 Å². The quantitative estimate of drug-likeness (QED) is 0.680. The normalized spacial score (nSPS) is 22.6. The third-order valence-corrected chi connectivity index (χ3v) is 5.33. The van der Waals surface area contributed by atoms with E-state index in [1.807, 2.05) is 30.3 Å². The molecule has 1 aliphatic rings. The number of carbonyl (C=O) groups excluding carboxylic acids is 1. The number of nitrogens with zero attached hydrogens (tertiary/aromatic N) is 1. The number of hydrogen-bond acceptors (Lipinski definition) is 4. The van der Waals surface area contributed by atoms with Crippen LogP contribution in [0.3, 0.4) is 0 Å². The zero-order valence-electron chi connectivity index (χ0n) is 15.8. The summed E-state index contributed by atoms with van der Waals surface area (Å²) in [6.07, 6.45) is 0.378. The maximum Gasteiger partial charge on any atom is 0.253 e. The molecule has 5 nitrogen and oxygen atoms in total. The SMILES string of the molecule is Cc1ccccc1CCNC[C@@]1(O)CN(C(=O)c2ccccc2)CC[C@@H]1O. The van der Waals surface area contributed by atoms with Gasteiger partial charge in [-0.1, -0.05) is 42.5 Å². The van der Waals surface area contributed by atoms with Crippen molar-refractivity contribution < 1.29 is 15.0 Å². The van der Waals surface area contributed by atoms with Gasteiger partial charge in [0.25, 0.3) is 5.91 Å². The number of hydrogen-bond donors (Lipinski definition) is 3. The number of aryl methyl sites for hydroxylation is 1. The van der Waals surface area contributed by atoms with Crippen LogP contribution in [0.15, 0.2) is 54.6 Å². The zero-order chi connectivity index (χ0) is 19.3. The molecule has 2 aromatic carbocycles. The first kappa shape index (κ1) is 19.5. The fourth-order valence-corrected chi connectivity index (χ4v) is 3.59. The third kappa shape index (κ3) is 4.75. The molecular weight excluding hydrogens is 340 g/mol. The van der Waals surface area contributed by atoms with Gasteiger partial charge in [0.05, 0.1) is 12.6 Å². The first-order valence-electron chi connectivity index (χ1n) is 9.49. The van der Waals surface area contributed by atoms with Crippen LogP contribution in [0.2, 0.25) is 0 Å². The fourth-order valence-electron chi connectivity index (χ4n) is 3.59. The van der Waals surface area contributed by atoms with Crippen molar-refractivity contribution in [2.75, 3.05) is 26.2 Å². The first-order valence-corrected chi connectivity index (χ1v) is 9.49. The molecule has 0 unspecified atom stereocenters. The maximum absolute atomic E-state index is 12.7. The topological polar surface area (TPSA) is 72.8 Å². The van der Waals surface area contributed by atoms with Crippen molar-refractivity contribution in [3.63, 3.8) is 0 Å². The number of β-amino-alcohol motifs (C(OH)–C–C–N with tert-alkyl or cyclic N) is 1. The molecule has 1 amide bonds. The first-order chi connectivity index (χ1) is 13.0. The molecule has 0 aliphatic carbocycles. The van der Waals surface area contributed by atoms with Gasteiger partial charge in [0, 0.05) is 18.7 Å². The highest BCUT2D eigenvalue weighted by Crippen LogP contribution is 2.23. The molecule has 0 spiro atoms. The van der Waals surface area contributed by atoms with Gasteiger partial charge in [-0.05, 0) is 49.6 Å². The Morgan fingerprint density at radius 2 is 1.89 bits per heavy atom. The van der Waals surface area contributed by atoms with E-state index in [4.69, 9.17) is 0 Å². The summed E-state index contributed by atoms with van der Waals surface area (Å²) < 4.78 is 0. The van der Waals surface area contributed by atoms with Crippen molar-refractivity contribution in [3.8, 4) is 0 Å². The molecule has 1 fully saturated rings. The minimum Gasteiger partial charge on any atom is -0.390 e. The fraction of sp³-hybridized carbons (Fsp3) is 0.409. The Morgan fingerprint density at radius 1 is 1.19 bits per heavy atom. The Balaban J connectivity index is 1.56. The summed E-state index contributed by atoms with van der Waals surface area (Å²) in [5, 5.41) is 24.5. The Kier molecular flexibility index (Phi) is 6.26. The van der Waals surface area contributed by atoms with Crippen LogP contribution in [-0.4, -0.2) is 58.9 Å². The minimum atomic E-state index is -1.34. The van der Waals surface area contributed by atoms with Crippen molar-refractivity contribution >= 4 is 5.91 Å². The zero-order valence-corrected chi connectivity index (χ0v) is 15.8. The molecular formula is C22H28N2O3. The number of nitrogens with one attached hydrogen (secondary N) is 1. The van der Waals surface area contributed by atoms with Gasteiger partial charge < -0.3 is 20.4 Å². The van der Waals surface area contributed by atoms with E-state index in [0.717, 1.165) is 6.42 Å². The second kappa shape index (κ2) is 8.65. The van der Waals surface area contributed by atoms with E-state index < -0.39 is 11.7 Å². The lowest BCUT2D eigenvalue weighted by atomic mass is 9.89. The minimum absolute atomic E-state index is 0.110. The van der Waals surface area contributed by atoms with Crippen LogP contribution in [0.5, 0.6) is 0 Å². The van der Waals surface area contributed by atoms with Gasteiger partial charge in [0.1, 0.15) is 5.60 Å². The van der Waals surface area contributed by atoms with Gasteiger partial charge in [-0.3, -0.25) is 4.79 Å². The van der Waals surface area contributed by atoms with Gasteiger partial charge in [0.15, 0.2) is 0 Å². The number of benzene rings is 2. The van der Waals surface area contributed by atoms with E-state index in [2.05, 4.69) is 24.4 Å². The number of carbonyl (C=O) groups is 1. The summed E-state index contributed by atoms with van der Waals surface area (Å²) in [6, 6.07) is 17.3. The Labute approximate surface area is 160 Å². The Morgan fingerprint density at radius 3 is 2.63 bits per heavy atom. The van der Waals surface area contributed by atoms with Crippen molar-refractivity contribution in [1.29, 1.82) is 0 Å². The average molecular weight is 368 g/mol. The predicted octanol–water partition coefficient (Wildman–Crippen LogP) is 1.77. The second-order valence-electron chi connectivity index (χ2n) is 7.35. The van der Waals surface area contributed by atoms with Crippen molar-refractivity contribution in [2.45, 2.75) is 31.5 Å². The van der Waals surface area contributed by atoms with Gasteiger partial charge >= 0.3 is 0 Å². The summed E-state index contributed by atoms with van der Waals surface area (Å²) in [5.41, 5.74) is 1.77. The molecule has 1 saturated heterocycles. The van der Waals surface area contributed by atoms with Gasteiger partial charge in [-0.2, -0.15) is 0 Å². The predicted molar refractivity (Wildman–Crippen MR) is 106 cm³/mol. The van der Waals surface area contributed by atoms with Gasteiger partial charge in [0.2, 0.25) is 0 Å². The van der Waals surface area contributed by atoms with Crippen LogP contribution < -0.4 is 5.32 Å². The van der Waals surface area contributed by atoms with Crippen LogP contribution in [0.25, 0.3) is 0 Å². The molecule has 1 aliphatic heterocycles. The number of likely N-dealkylation sites (tertiary alicyclic amines) is 1. The van der Waals surface area contributed by atoms with Crippen LogP contribution in [-0.2, 0) is 6.42 Å². The van der Waals surface area contributed by atoms with E-state index in [0.29, 0.717) is 25.1 Å². The molecule has 144 valence electrons. The highest BCUT2D eigenvalue weighted by Gasteiger charge is 2.42. The third-order valence-electron chi connectivity index (χ3n) is 5.33. The summed E-state index contributed by atoms with van der Waals surface area (Å²) in [7, 11) is 0. The number of aliphatic hydroxyl groups excluding tert-OH is 1. The highest BCUT2D eigenvalue weighted by molar-refractivity contribution is 5.94. The van der Waals surface area contributed by atoms with Crippen molar-refractivity contribution in [2.24, 2.45) is 0 Å². The van der Waals surface area contributed by atoms with E-state index >= 15 is 0 Å². The smallest absolute Gasteiger partial charge is 0.253 e. The molecule has 0 bridgehead atoms. The standard InChI is InChI=1S/C22H28N2O3/c1-17-7-5-6-8-18(17)11-13-23-15-22(27)16-24(14-12-20(22)25)21(26)19-9-3-2-4-10-19/h2-10,20,23,25,27H,11-16H2,1H3/t20-,22+/m0/s1. The monoisotopic (exact) mass is 368 g/mol. The molecule has 5 heteroatoms. The molecule has 3 rings (SSSR count). The van der Waals surface area contributed by atoms with E-state index in [-0.39, 0.29) is 19.0 Å². The molecule has 2 aromatic rings. The molecule has 2 atom stereocenters. The number of rotatable bonds is 6. The Hall–Kier alpha value is -2.21. The molecule has 0 aromatic heterocycles. The van der Waals surface area contributed by atoms with E-state index in [1.54, 1.807) is 17.0 Å². The molecule has 0 saturated carbocycles. The molecule has 3 N–H and O–H groups in total. The van der Waals surface area contributed by atoms with E-state index in [9.17, 15) is 15.0 Å². The average Bonchev–Trinajstić information content (AvgIpc) is 2.69. The summed E-state index contributed by atoms with van der Waals surface area (Å²) in [6.45, 7) is 3.60. The lowest BCUT2D eigenvalue weighted by Crippen LogP contribution is -2.62. The van der Waals surface area contributed by atoms with Gasteiger partial charge in [-0.15, -0.1) is 0 Å². The number of amides is 1. The maximum atomic E-state index is 12.7. The van der Waals surface area contributed by atoms with Crippen LogP contribution in [0.1, 0.15) is 27.9 Å². The van der Waals surface area contributed by atoms with Crippen LogP contribution in [0.4, 0.5) is 0 Å². The van der Waals surface area contributed by atoms with Crippen molar-refractivity contribution in [1.82, 2.24) is 10.2 Å².